The van der Waals surface area contributed by atoms with Gasteiger partial charge in [0.2, 0.25) is 0 Å². The summed E-state index contributed by atoms with van der Waals surface area (Å²) in [6, 6.07) is 12.0. The van der Waals surface area contributed by atoms with Gasteiger partial charge in [0, 0.05) is 17.6 Å². The average molecular weight is 309 g/mol. The molecule has 1 aliphatic rings. The van der Waals surface area contributed by atoms with Crippen molar-refractivity contribution in [3.8, 4) is 0 Å². The molecule has 2 aromatic rings. The number of hydrogen-bond donors (Lipinski definition) is 2. The van der Waals surface area contributed by atoms with Crippen LogP contribution in [0.25, 0.3) is 0 Å². The van der Waals surface area contributed by atoms with Crippen LogP contribution in [0, 0.1) is 12.7 Å². The molecular weight excluding hydrogens is 293 g/mol. The van der Waals surface area contributed by atoms with Gasteiger partial charge in [-0.1, -0.05) is 12.1 Å². The lowest BCUT2D eigenvalue weighted by Gasteiger charge is -2.10. The zero-order chi connectivity index (χ0) is 16.4. The van der Waals surface area contributed by atoms with Gasteiger partial charge < -0.3 is 10.6 Å². The summed E-state index contributed by atoms with van der Waals surface area (Å²) in [6.07, 6.45) is 1.54. The number of amides is 1. The van der Waals surface area contributed by atoms with E-state index in [1.165, 1.54) is 12.1 Å². The van der Waals surface area contributed by atoms with Crippen LogP contribution in [0.15, 0.2) is 58.7 Å². The molecule has 0 fully saturated rings. The summed E-state index contributed by atoms with van der Waals surface area (Å²) in [7, 11) is 0. The van der Waals surface area contributed by atoms with Crippen molar-refractivity contribution < 1.29 is 9.18 Å². The van der Waals surface area contributed by atoms with E-state index in [9.17, 15) is 9.18 Å². The summed E-state index contributed by atoms with van der Waals surface area (Å²) < 4.78 is 13.3. The van der Waals surface area contributed by atoms with Crippen LogP contribution in [0.1, 0.15) is 12.5 Å². The fourth-order valence-corrected chi connectivity index (χ4v) is 2.34. The van der Waals surface area contributed by atoms with E-state index in [1.54, 1.807) is 19.2 Å². The number of aryl methyl sites for hydroxylation is 1. The van der Waals surface area contributed by atoms with Crippen molar-refractivity contribution in [2.24, 2.45) is 4.99 Å². The molecule has 2 N–H and O–H groups in total. The van der Waals surface area contributed by atoms with Crippen LogP contribution in [0.3, 0.4) is 0 Å². The van der Waals surface area contributed by atoms with E-state index in [-0.39, 0.29) is 11.7 Å². The van der Waals surface area contributed by atoms with Crippen LogP contribution in [-0.2, 0) is 4.79 Å². The minimum Gasteiger partial charge on any atom is -0.357 e. The Morgan fingerprint density at radius 2 is 1.96 bits per heavy atom. The van der Waals surface area contributed by atoms with Crippen LogP contribution in [0.5, 0.6) is 0 Å². The molecule has 0 aromatic heterocycles. The van der Waals surface area contributed by atoms with E-state index in [0.29, 0.717) is 22.5 Å². The fourth-order valence-electron chi connectivity index (χ4n) is 2.34. The number of benzene rings is 2. The number of halogens is 1. The Kier molecular flexibility index (Phi) is 3.93. The Balaban J connectivity index is 1.86. The quantitative estimate of drug-likeness (QED) is 0.874. The summed E-state index contributed by atoms with van der Waals surface area (Å²) in [5.74, 6) is -0.593. The second-order valence-electron chi connectivity index (χ2n) is 5.36. The molecular formula is C18H16FN3O. The molecule has 0 radical (unpaired) electrons. The van der Waals surface area contributed by atoms with Gasteiger partial charge in [-0.05, 0) is 49.7 Å². The van der Waals surface area contributed by atoms with Crippen LogP contribution in [0.4, 0.5) is 21.5 Å². The van der Waals surface area contributed by atoms with E-state index < -0.39 is 0 Å². The molecule has 0 unspecified atom stereocenters. The highest BCUT2D eigenvalue weighted by molar-refractivity contribution is 6.19. The highest BCUT2D eigenvalue weighted by Crippen LogP contribution is 2.28. The normalized spacial score (nSPS) is 13.2. The molecule has 0 bridgehead atoms. The number of allylic oxidation sites excluding steroid dienone is 1. The summed E-state index contributed by atoms with van der Waals surface area (Å²) in [5, 5.41) is 5.96. The van der Waals surface area contributed by atoms with Crippen molar-refractivity contribution in [2.45, 2.75) is 13.8 Å². The second kappa shape index (κ2) is 6.04. The van der Waals surface area contributed by atoms with Crippen molar-refractivity contribution in [3.05, 3.63) is 65.1 Å². The third-order valence-corrected chi connectivity index (χ3v) is 3.62. The lowest BCUT2D eigenvalue weighted by Crippen LogP contribution is -2.18. The SMILES string of the molecule is CC1=C(C(=O)Nc2ccc(F)c(C)c2)C=Nc2ccccc2N1. The van der Waals surface area contributed by atoms with Gasteiger partial charge in [-0.2, -0.15) is 0 Å². The topological polar surface area (TPSA) is 53.5 Å². The molecule has 0 atom stereocenters. The third kappa shape index (κ3) is 3.13. The Hall–Kier alpha value is -2.95. The molecule has 2 aromatic carbocycles. The third-order valence-electron chi connectivity index (χ3n) is 3.62. The molecule has 0 saturated carbocycles. The molecule has 1 aliphatic heterocycles. The van der Waals surface area contributed by atoms with E-state index in [1.807, 2.05) is 31.2 Å². The molecule has 1 heterocycles. The highest BCUT2D eigenvalue weighted by atomic mass is 19.1. The number of hydrogen-bond acceptors (Lipinski definition) is 3. The molecule has 1 amide bonds. The van der Waals surface area contributed by atoms with Crippen LogP contribution >= 0.6 is 0 Å². The minimum absolute atomic E-state index is 0.294. The average Bonchev–Trinajstić information content (AvgIpc) is 2.69. The minimum atomic E-state index is -0.299. The maximum absolute atomic E-state index is 13.3. The Labute approximate surface area is 133 Å². The second-order valence-corrected chi connectivity index (χ2v) is 5.36. The molecule has 116 valence electrons. The Morgan fingerprint density at radius 3 is 2.74 bits per heavy atom. The van der Waals surface area contributed by atoms with Crippen LogP contribution < -0.4 is 10.6 Å². The predicted molar refractivity (Wildman–Crippen MR) is 90.7 cm³/mol. The molecule has 23 heavy (non-hydrogen) atoms. The maximum atomic E-state index is 13.3. The number of carbonyl (C=O) groups excluding carboxylic acids is 1. The lowest BCUT2D eigenvalue weighted by atomic mass is 10.1. The van der Waals surface area contributed by atoms with Crippen molar-refractivity contribution in [2.75, 3.05) is 10.6 Å². The number of nitrogens with one attached hydrogen (secondary N) is 2. The van der Waals surface area contributed by atoms with Gasteiger partial charge in [0.1, 0.15) is 5.82 Å². The number of aliphatic imine (C=N–C) groups is 1. The van der Waals surface area contributed by atoms with Crippen molar-refractivity contribution >= 4 is 29.2 Å². The smallest absolute Gasteiger partial charge is 0.258 e. The summed E-state index contributed by atoms with van der Waals surface area (Å²) in [5.41, 5.74) is 3.78. The number of rotatable bonds is 2. The summed E-state index contributed by atoms with van der Waals surface area (Å²) >= 11 is 0. The lowest BCUT2D eigenvalue weighted by molar-refractivity contribution is -0.112. The van der Waals surface area contributed by atoms with Gasteiger partial charge in [0.05, 0.1) is 16.9 Å². The Morgan fingerprint density at radius 1 is 1.17 bits per heavy atom. The predicted octanol–water partition coefficient (Wildman–Crippen LogP) is 4.17. The number of para-hydroxylation sites is 2. The number of fused-ring (bicyclic) bond motifs is 1. The highest BCUT2D eigenvalue weighted by Gasteiger charge is 2.15. The molecule has 4 nitrogen and oxygen atoms in total. The van der Waals surface area contributed by atoms with Gasteiger partial charge in [0.25, 0.3) is 5.91 Å². The van der Waals surface area contributed by atoms with E-state index in [2.05, 4.69) is 15.6 Å². The number of anilines is 2. The first-order chi connectivity index (χ1) is 11.0. The number of nitrogens with zero attached hydrogens (tertiary/aromatic N) is 1. The van der Waals surface area contributed by atoms with E-state index in [0.717, 1.165) is 11.4 Å². The van der Waals surface area contributed by atoms with E-state index in [4.69, 9.17) is 0 Å². The maximum Gasteiger partial charge on any atom is 0.258 e. The van der Waals surface area contributed by atoms with E-state index >= 15 is 0 Å². The molecule has 0 aliphatic carbocycles. The van der Waals surface area contributed by atoms with Gasteiger partial charge in [-0.3, -0.25) is 9.79 Å². The van der Waals surface area contributed by atoms with Gasteiger partial charge in [-0.15, -0.1) is 0 Å². The summed E-state index contributed by atoms with van der Waals surface area (Å²) in [4.78, 5) is 16.8. The van der Waals surface area contributed by atoms with Gasteiger partial charge >= 0.3 is 0 Å². The summed E-state index contributed by atoms with van der Waals surface area (Å²) in [6.45, 7) is 3.47. The molecule has 5 heteroatoms. The van der Waals surface area contributed by atoms with Gasteiger partial charge in [-0.25, -0.2) is 4.39 Å². The zero-order valence-electron chi connectivity index (χ0n) is 12.9. The molecule has 0 spiro atoms. The van der Waals surface area contributed by atoms with Crippen molar-refractivity contribution in [3.63, 3.8) is 0 Å². The van der Waals surface area contributed by atoms with Crippen LogP contribution in [-0.4, -0.2) is 12.1 Å². The molecule has 0 saturated heterocycles. The number of carbonyl (C=O) groups is 1. The van der Waals surface area contributed by atoms with Gasteiger partial charge in [0.15, 0.2) is 0 Å². The van der Waals surface area contributed by atoms with Crippen molar-refractivity contribution in [1.29, 1.82) is 0 Å². The largest absolute Gasteiger partial charge is 0.357 e. The molecule has 3 rings (SSSR count). The first kappa shape index (κ1) is 15.0. The van der Waals surface area contributed by atoms with Crippen molar-refractivity contribution in [1.82, 2.24) is 0 Å². The first-order valence-electron chi connectivity index (χ1n) is 7.23. The first-order valence-corrected chi connectivity index (χ1v) is 7.23. The Bertz CT molecular complexity index is 840. The van der Waals surface area contributed by atoms with Crippen LogP contribution in [0.2, 0.25) is 0 Å². The zero-order valence-corrected chi connectivity index (χ0v) is 12.9. The monoisotopic (exact) mass is 309 g/mol. The fraction of sp³-hybridized carbons (Fsp3) is 0.111. The standard InChI is InChI=1S/C18H16FN3O/c1-11-9-13(7-8-15(11)19)22-18(23)14-10-20-16-5-3-4-6-17(16)21-12(14)2/h3-10,21H,1-2H3,(H,22,23).